The monoisotopic (exact) mass is 325 g/mol. The smallest absolute Gasteiger partial charge is 0.103 e. The highest BCUT2D eigenvalue weighted by Gasteiger charge is 2.16. The molecule has 0 saturated heterocycles. The van der Waals surface area contributed by atoms with Crippen LogP contribution in [0.3, 0.4) is 0 Å². The average molecular weight is 326 g/mol. The molecule has 0 amide bonds. The summed E-state index contributed by atoms with van der Waals surface area (Å²) in [6.07, 6.45) is 4.67. The third kappa shape index (κ3) is 3.48. The zero-order valence-electron chi connectivity index (χ0n) is 11.6. The molecule has 1 N–H and O–H groups in total. The van der Waals surface area contributed by atoms with Gasteiger partial charge in [-0.25, -0.2) is 0 Å². The molecule has 2 heterocycles. The molecular weight excluding hydrogens is 306 g/mol. The van der Waals surface area contributed by atoms with Crippen LogP contribution >= 0.6 is 15.9 Å². The van der Waals surface area contributed by atoms with Crippen molar-refractivity contribution in [2.75, 3.05) is 7.05 Å². The minimum atomic E-state index is 0.413. The summed E-state index contributed by atoms with van der Waals surface area (Å²) in [5.41, 5.74) is 2.27. The van der Waals surface area contributed by atoms with E-state index in [4.69, 9.17) is 4.42 Å². The molecule has 0 aliphatic carbocycles. The van der Waals surface area contributed by atoms with Gasteiger partial charge in [0.25, 0.3) is 0 Å². The van der Waals surface area contributed by atoms with E-state index in [2.05, 4.69) is 26.3 Å². The van der Waals surface area contributed by atoms with Crippen molar-refractivity contribution in [2.45, 2.75) is 32.2 Å². The second-order valence-electron chi connectivity index (χ2n) is 4.78. The van der Waals surface area contributed by atoms with E-state index in [0.29, 0.717) is 6.04 Å². The van der Waals surface area contributed by atoms with Crippen LogP contribution in [0.15, 0.2) is 27.3 Å². The van der Waals surface area contributed by atoms with Crippen molar-refractivity contribution in [3.63, 3.8) is 0 Å². The van der Waals surface area contributed by atoms with E-state index in [1.165, 1.54) is 5.69 Å². The minimum absolute atomic E-state index is 0.413. The Kier molecular flexibility index (Phi) is 4.82. The Hall–Kier alpha value is -1.07. The van der Waals surface area contributed by atoms with Crippen molar-refractivity contribution in [3.8, 4) is 0 Å². The quantitative estimate of drug-likeness (QED) is 0.888. The summed E-state index contributed by atoms with van der Waals surface area (Å²) in [7, 11) is 4.00. The number of hydrogen-bond acceptors (Lipinski definition) is 3. The Balaban J connectivity index is 1.98. The third-order valence-corrected chi connectivity index (χ3v) is 4.46. The summed E-state index contributed by atoms with van der Waals surface area (Å²) < 4.78 is 8.45. The number of nitrogens with one attached hydrogen (secondary N) is 1. The number of aryl methyl sites for hydroxylation is 3. The molecule has 19 heavy (non-hydrogen) atoms. The van der Waals surface area contributed by atoms with Crippen molar-refractivity contribution in [3.05, 3.63) is 40.0 Å². The largest absolute Gasteiger partial charge is 0.469 e. The van der Waals surface area contributed by atoms with Crippen molar-refractivity contribution < 1.29 is 4.42 Å². The zero-order valence-corrected chi connectivity index (χ0v) is 13.2. The van der Waals surface area contributed by atoms with Crippen molar-refractivity contribution >= 4 is 15.9 Å². The Morgan fingerprint density at radius 2 is 2.32 bits per heavy atom. The fourth-order valence-corrected chi connectivity index (χ4v) is 2.75. The fourth-order valence-electron chi connectivity index (χ4n) is 2.26. The van der Waals surface area contributed by atoms with Crippen molar-refractivity contribution in [1.29, 1.82) is 0 Å². The fraction of sp³-hybridized carbons (Fsp3) is 0.500. The molecular formula is C14H20BrN3O. The maximum Gasteiger partial charge on any atom is 0.103 e. The maximum absolute atomic E-state index is 5.38. The van der Waals surface area contributed by atoms with Crippen molar-refractivity contribution in [2.24, 2.45) is 7.05 Å². The van der Waals surface area contributed by atoms with Gasteiger partial charge >= 0.3 is 0 Å². The molecule has 0 radical (unpaired) electrons. The summed E-state index contributed by atoms with van der Waals surface area (Å²) in [5.74, 6) is 1.04. The van der Waals surface area contributed by atoms with Crippen LogP contribution in [0.1, 0.15) is 23.6 Å². The zero-order chi connectivity index (χ0) is 13.8. The van der Waals surface area contributed by atoms with E-state index in [9.17, 15) is 0 Å². The highest BCUT2D eigenvalue weighted by molar-refractivity contribution is 9.10. The molecule has 0 fully saturated rings. The Morgan fingerprint density at radius 3 is 2.84 bits per heavy atom. The van der Waals surface area contributed by atoms with Gasteiger partial charge in [0, 0.05) is 25.9 Å². The lowest BCUT2D eigenvalue weighted by Crippen LogP contribution is -2.29. The van der Waals surface area contributed by atoms with Crippen LogP contribution in [-0.4, -0.2) is 22.9 Å². The third-order valence-electron chi connectivity index (χ3n) is 3.43. The first kappa shape index (κ1) is 14.3. The molecule has 0 saturated carbocycles. The summed E-state index contributed by atoms with van der Waals surface area (Å²) in [6, 6.07) is 4.37. The van der Waals surface area contributed by atoms with Gasteiger partial charge < -0.3 is 9.73 Å². The number of aromatic nitrogens is 2. The maximum atomic E-state index is 5.38. The second-order valence-corrected chi connectivity index (χ2v) is 5.57. The number of nitrogens with zero attached hydrogens (tertiary/aromatic N) is 2. The molecule has 2 rings (SSSR count). The molecule has 1 atom stereocenters. The van der Waals surface area contributed by atoms with Crippen LogP contribution in [-0.2, 0) is 19.9 Å². The van der Waals surface area contributed by atoms with Gasteiger partial charge in [-0.15, -0.1) is 0 Å². The molecule has 0 aromatic carbocycles. The molecule has 0 spiro atoms. The molecule has 4 nitrogen and oxygen atoms in total. The van der Waals surface area contributed by atoms with Crippen LogP contribution in [0.2, 0.25) is 0 Å². The number of halogens is 1. The first-order valence-corrected chi connectivity index (χ1v) is 7.28. The number of likely N-dealkylation sites (N-methyl/N-ethyl adjacent to an activating group) is 1. The van der Waals surface area contributed by atoms with Gasteiger partial charge in [-0.1, -0.05) is 0 Å². The highest BCUT2D eigenvalue weighted by atomic mass is 79.9. The summed E-state index contributed by atoms with van der Waals surface area (Å²) in [5, 5.41) is 7.80. The second kappa shape index (κ2) is 6.39. The predicted octanol–water partition coefficient (Wildman–Crippen LogP) is 2.85. The van der Waals surface area contributed by atoms with E-state index in [-0.39, 0.29) is 0 Å². The molecule has 0 aliphatic heterocycles. The minimum Gasteiger partial charge on any atom is -0.469 e. The lowest BCUT2D eigenvalue weighted by molar-refractivity contribution is 0.454. The van der Waals surface area contributed by atoms with Crippen molar-refractivity contribution in [1.82, 2.24) is 15.1 Å². The first-order valence-electron chi connectivity index (χ1n) is 6.49. The van der Waals surface area contributed by atoms with E-state index in [0.717, 1.165) is 35.2 Å². The lowest BCUT2D eigenvalue weighted by atomic mass is 10.0. The normalized spacial score (nSPS) is 12.8. The highest BCUT2D eigenvalue weighted by Crippen LogP contribution is 2.22. The number of hydrogen-bond donors (Lipinski definition) is 1. The van der Waals surface area contributed by atoms with Crippen LogP contribution in [0.25, 0.3) is 0 Å². The van der Waals surface area contributed by atoms with Gasteiger partial charge in [0.2, 0.25) is 0 Å². The van der Waals surface area contributed by atoms with E-state index >= 15 is 0 Å². The number of furan rings is 1. The van der Waals surface area contributed by atoms with Crippen LogP contribution in [0.4, 0.5) is 0 Å². The van der Waals surface area contributed by atoms with Gasteiger partial charge in [0.05, 0.1) is 22.1 Å². The lowest BCUT2D eigenvalue weighted by Gasteiger charge is -2.16. The number of rotatable bonds is 6. The average Bonchev–Trinajstić information content (AvgIpc) is 2.98. The van der Waals surface area contributed by atoms with Crippen LogP contribution in [0.5, 0.6) is 0 Å². The summed E-state index contributed by atoms with van der Waals surface area (Å²) in [4.78, 5) is 0. The SMILES string of the molecule is CNC(CCc1ccco1)Cc1c(Br)c(C)nn1C. The molecule has 0 bridgehead atoms. The molecule has 5 heteroatoms. The Bertz CT molecular complexity index is 519. The first-order chi connectivity index (χ1) is 9.11. The standard InChI is InChI=1S/C14H20BrN3O/c1-10-14(15)13(18(3)17-10)9-11(16-2)6-7-12-5-4-8-19-12/h4-5,8,11,16H,6-7,9H2,1-3H3. The molecule has 0 aliphatic rings. The Labute approximate surface area is 122 Å². The summed E-state index contributed by atoms with van der Waals surface area (Å²) in [6.45, 7) is 2.02. The van der Waals surface area contributed by atoms with Gasteiger partial charge in [0.1, 0.15) is 5.76 Å². The molecule has 2 aromatic rings. The van der Waals surface area contributed by atoms with Gasteiger partial charge in [-0.05, 0) is 48.5 Å². The topological polar surface area (TPSA) is 43.0 Å². The summed E-state index contributed by atoms with van der Waals surface area (Å²) >= 11 is 3.62. The van der Waals surface area contributed by atoms with Gasteiger partial charge in [-0.3, -0.25) is 4.68 Å². The van der Waals surface area contributed by atoms with E-state index in [1.807, 2.05) is 37.8 Å². The van der Waals surface area contributed by atoms with Gasteiger partial charge in [0.15, 0.2) is 0 Å². The molecule has 2 aromatic heterocycles. The predicted molar refractivity (Wildman–Crippen MR) is 79.2 cm³/mol. The van der Waals surface area contributed by atoms with E-state index in [1.54, 1.807) is 6.26 Å². The van der Waals surface area contributed by atoms with Gasteiger partial charge in [-0.2, -0.15) is 5.10 Å². The van der Waals surface area contributed by atoms with Crippen LogP contribution in [0, 0.1) is 6.92 Å². The molecule has 104 valence electrons. The Morgan fingerprint density at radius 1 is 1.53 bits per heavy atom. The molecule has 1 unspecified atom stereocenters. The van der Waals surface area contributed by atoms with Crippen LogP contribution < -0.4 is 5.32 Å². The van der Waals surface area contributed by atoms with E-state index < -0.39 is 0 Å².